The highest BCUT2D eigenvalue weighted by atomic mass is 19.1. The minimum absolute atomic E-state index is 0.0387. The second-order valence-electron chi connectivity index (χ2n) is 4.82. The minimum Gasteiger partial charge on any atom is -0.508 e. The number of phenolic OH excluding ortho intramolecular Hbond substituents is 1. The molecular formula is C12H13FO3. The van der Waals surface area contributed by atoms with Crippen molar-refractivity contribution in [1.82, 2.24) is 0 Å². The van der Waals surface area contributed by atoms with Gasteiger partial charge in [0.2, 0.25) is 0 Å². The van der Waals surface area contributed by atoms with Gasteiger partial charge in [-0.25, -0.2) is 4.39 Å². The summed E-state index contributed by atoms with van der Waals surface area (Å²) in [6.45, 7) is 3.61. The molecule has 1 aliphatic rings. The number of rotatable bonds is 2. The Bertz CT molecular complexity index is 454. The van der Waals surface area contributed by atoms with Crippen LogP contribution in [0.2, 0.25) is 0 Å². The van der Waals surface area contributed by atoms with Gasteiger partial charge in [-0.3, -0.25) is 4.79 Å². The zero-order valence-electron chi connectivity index (χ0n) is 9.07. The predicted octanol–water partition coefficient (Wildman–Crippen LogP) is 2.36. The molecule has 1 aromatic rings. The normalized spacial score (nSPS) is 26.4. The van der Waals surface area contributed by atoms with Crippen LogP contribution in [-0.2, 0) is 4.79 Å². The van der Waals surface area contributed by atoms with E-state index in [4.69, 9.17) is 5.11 Å². The molecule has 1 aliphatic carbocycles. The van der Waals surface area contributed by atoms with Crippen LogP contribution in [0.1, 0.15) is 25.3 Å². The molecule has 1 saturated carbocycles. The van der Waals surface area contributed by atoms with Crippen LogP contribution in [0, 0.1) is 17.2 Å². The molecule has 1 fully saturated rings. The third-order valence-corrected chi connectivity index (χ3v) is 3.42. The molecule has 86 valence electrons. The zero-order chi connectivity index (χ0) is 12.1. The third-order valence-electron chi connectivity index (χ3n) is 3.42. The quantitative estimate of drug-likeness (QED) is 0.810. The number of carboxylic acids is 1. The van der Waals surface area contributed by atoms with Crippen LogP contribution in [0.25, 0.3) is 0 Å². The lowest BCUT2D eigenvalue weighted by Gasteiger charge is -2.05. The second kappa shape index (κ2) is 3.20. The SMILES string of the molecule is CC1(C)[C@H](C(=O)O)[C@H]1c1cc(F)ccc1O. The summed E-state index contributed by atoms with van der Waals surface area (Å²) in [6, 6.07) is 3.63. The number of hydrogen-bond acceptors (Lipinski definition) is 2. The Morgan fingerprint density at radius 2 is 2.06 bits per heavy atom. The molecule has 0 heterocycles. The molecule has 16 heavy (non-hydrogen) atoms. The maximum atomic E-state index is 13.1. The van der Waals surface area contributed by atoms with Gasteiger partial charge < -0.3 is 10.2 Å². The van der Waals surface area contributed by atoms with Crippen LogP contribution >= 0.6 is 0 Å². The van der Waals surface area contributed by atoms with E-state index in [0.717, 1.165) is 6.07 Å². The first-order chi connectivity index (χ1) is 7.35. The van der Waals surface area contributed by atoms with Crippen molar-refractivity contribution in [1.29, 1.82) is 0 Å². The molecule has 0 radical (unpaired) electrons. The highest BCUT2D eigenvalue weighted by Crippen LogP contribution is 2.65. The molecule has 3 nitrogen and oxygen atoms in total. The fourth-order valence-electron chi connectivity index (χ4n) is 2.45. The Hall–Kier alpha value is -1.58. The maximum absolute atomic E-state index is 13.1. The number of aliphatic carboxylic acids is 1. The Kier molecular flexibility index (Phi) is 2.19. The number of carbonyl (C=O) groups is 1. The lowest BCUT2D eigenvalue weighted by molar-refractivity contribution is -0.139. The van der Waals surface area contributed by atoms with Crippen LogP contribution in [0.3, 0.4) is 0 Å². The minimum atomic E-state index is -0.904. The monoisotopic (exact) mass is 224 g/mol. The highest BCUT2D eigenvalue weighted by Gasteiger charge is 2.63. The van der Waals surface area contributed by atoms with Crippen LogP contribution in [0.5, 0.6) is 5.75 Å². The van der Waals surface area contributed by atoms with E-state index in [9.17, 15) is 14.3 Å². The predicted molar refractivity (Wildman–Crippen MR) is 55.7 cm³/mol. The standard InChI is InChI=1S/C12H13FO3/c1-12(2)9(10(12)11(15)16)7-5-6(13)3-4-8(7)14/h3-5,9-10,14H,1-2H3,(H,15,16)/t9-,10+/m1/s1. The second-order valence-corrected chi connectivity index (χ2v) is 4.82. The van der Waals surface area contributed by atoms with E-state index < -0.39 is 23.1 Å². The molecule has 0 amide bonds. The number of benzene rings is 1. The average molecular weight is 224 g/mol. The summed E-state index contributed by atoms with van der Waals surface area (Å²) in [5.41, 5.74) is -0.0469. The Balaban J connectivity index is 2.40. The van der Waals surface area contributed by atoms with Crippen molar-refractivity contribution >= 4 is 5.97 Å². The van der Waals surface area contributed by atoms with E-state index in [0.29, 0.717) is 5.56 Å². The van der Waals surface area contributed by atoms with Gasteiger partial charge in [0.15, 0.2) is 0 Å². The lowest BCUT2D eigenvalue weighted by atomic mass is 10.0. The third kappa shape index (κ3) is 1.45. The van der Waals surface area contributed by atoms with Gasteiger partial charge in [-0.1, -0.05) is 13.8 Å². The number of aromatic hydroxyl groups is 1. The molecular weight excluding hydrogens is 211 g/mol. The summed E-state index contributed by atoms with van der Waals surface area (Å²) in [7, 11) is 0. The lowest BCUT2D eigenvalue weighted by Crippen LogP contribution is -2.03. The number of phenols is 1. The van der Waals surface area contributed by atoms with Gasteiger partial charge in [-0.2, -0.15) is 0 Å². The van der Waals surface area contributed by atoms with Gasteiger partial charge in [0.05, 0.1) is 5.92 Å². The fourth-order valence-corrected chi connectivity index (χ4v) is 2.45. The largest absolute Gasteiger partial charge is 0.508 e. The Morgan fingerprint density at radius 1 is 1.44 bits per heavy atom. The molecule has 1 aromatic carbocycles. The first-order valence-corrected chi connectivity index (χ1v) is 5.07. The molecule has 0 spiro atoms. The highest BCUT2D eigenvalue weighted by molar-refractivity contribution is 5.78. The van der Waals surface area contributed by atoms with Crippen molar-refractivity contribution in [2.75, 3.05) is 0 Å². The molecule has 0 aromatic heterocycles. The van der Waals surface area contributed by atoms with Gasteiger partial charge in [-0.15, -0.1) is 0 Å². The molecule has 4 heteroatoms. The molecule has 2 N–H and O–H groups in total. The van der Waals surface area contributed by atoms with Gasteiger partial charge in [0.1, 0.15) is 11.6 Å². The fraction of sp³-hybridized carbons (Fsp3) is 0.417. The molecule has 0 unspecified atom stereocenters. The smallest absolute Gasteiger partial charge is 0.307 e. The average Bonchev–Trinajstić information content (AvgIpc) is 2.73. The summed E-state index contributed by atoms with van der Waals surface area (Å²) >= 11 is 0. The Labute approximate surface area is 92.5 Å². The van der Waals surface area contributed by atoms with Gasteiger partial charge in [0, 0.05) is 11.5 Å². The van der Waals surface area contributed by atoms with E-state index in [2.05, 4.69) is 0 Å². The van der Waals surface area contributed by atoms with Crippen LogP contribution in [-0.4, -0.2) is 16.2 Å². The first-order valence-electron chi connectivity index (χ1n) is 5.07. The topological polar surface area (TPSA) is 57.5 Å². The maximum Gasteiger partial charge on any atom is 0.307 e. The van der Waals surface area contributed by atoms with E-state index >= 15 is 0 Å². The van der Waals surface area contributed by atoms with E-state index in [1.54, 1.807) is 13.8 Å². The Morgan fingerprint density at radius 3 is 2.56 bits per heavy atom. The summed E-state index contributed by atoms with van der Waals surface area (Å²) in [6.07, 6.45) is 0. The van der Waals surface area contributed by atoms with Crippen molar-refractivity contribution in [3.8, 4) is 5.75 Å². The number of halogens is 1. The molecule has 2 atom stereocenters. The van der Waals surface area contributed by atoms with Crippen molar-refractivity contribution in [2.24, 2.45) is 11.3 Å². The van der Waals surface area contributed by atoms with Crippen LogP contribution in [0.15, 0.2) is 18.2 Å². The van der Waals surface area contributed by atoms with Crippen molar-refractivity contribution in [3.63, 3.8) is 0 Å². The first kappa shape index (κ1) is 10.9. The van der Waals surface area contributed by atoms with Crippen LogP contribution < -0.4 is 0 Å². The van der Waals surface area contributed by atoms with E-state index in [1.807, 2.05) is 0 Å². The van der Waals surface area contributed by atoms with Gasteiger partial charge in [0.25, 0.3) is 0 Å². The van der Waals surface area contributed by atoms with Crippen molar-refractivity contribution in [3.05, 3.63) is 29.6 Å². The summed E-state index contributed by atoms with van der Waals surface area (Å²) in [5.74, 6) is -2.28. The molecule has 2 rings (SSSR count). The zero-order valence-corrected chi connectivity index (χ0v) is 9.07. The van der Waals surface area contributed by atoms with Crippen LogP contribution in [0.4, 0.5) is 4.39 Å². The van der Waals surface area contributed by atoms with Gasteiger partial charge >= 0.3 is 5.97 Å². The van der Waals surface area contributed by atoms with Crippen molar-refractivity contribution in [2.45, 2.75) is 19.8 Å². The van der Waals surface area contributed by atoms with Gasteiger partial charge in [-0.05, 0) is 23.6 Å². The summed E-state index contributed by atoms with van der Waals surface area (Å²) in [5, 5.41) is 18.6. The van der Waals surface area contributed by atoms with E-state index in [-0.39, 0.29) is 11.7 Å². The summed E-state index contributed by atoms with van der Waals surface area (Å²) < 4.78 is 13.1. The molecule has 0 saturated heterocycles. The molecule has 0 aliphatic heterocycles. The van der Waals surface area contributed by atoms with Crippen molar-refractivity contribution < 1.29 is 19.4 Å². The van der Waals surface area contributed by atoms with E-state index in [1.165, 1.54) is 12.1 Å². The number of carboxylic acid groups (broad SMARTS) is 1. The summed E-state index contributed by atoms with van der Waals surface area (Å²) in [4.78, 5) is 11.0. The number of hydrogen-bond donors (Lipinski definition) is 2. The molecule has 0 bridgehead atoms.